The van der Waals surface area contributed by atoms with Gasteiger partial charge in [0.1, 0.15) is 12.9 Å². The summed E-state index contributed by atoms with van der Waals surface area (Å²) >= 11 is 0. The van der Waals surface area contributed by atoms with E-state index in [0.717, 1.165) is 31.1 Å². The molecule has 118 valence electrons. The van der Waals surface area contributed by atoms with Gasteiger partial charge in [-0.05, 0) is 85.0 Å². The number of aromatic hydroxyl groups is 1. The molecule has 3 aliphatic carbocycles. The van der Waals surface area contributed by atoms with Crippen LogP contribution in [0.3, 0.4) is 0 Å². The third-order valence-corrected chi connectivity index (χ3v) is 6.51. The quantitative estimate of drug-likeness (QED) is 0.788. The van der Waals surface area contributed by atoms with Crippen LogP contribution in [-0.2, 0) is 11.3 Å². The molecule has 0 unspecified atom stereocenters. The first-order valence-electron chi connectivity index (χ1n) is 8.51. The Labute approximate surface area is 132 Å². The molecule has 0 aliphatic heterocycles. The van der Waals surface area contributed by atoms with Crippen LogP contribution in [0.4, 0.5) is 0 Å². The molecule has 0 amide bonds. The monoisotopic (exact) mass is 299 g/mol. The SMILES string of the molecule is CO/N=C1\C[C@H]2[C@@H]3CCc4cc(O)ccc4[C@H]3CC[C@]2(C)C1. The van der Waals surface area contributed by atoms with E-state index in [-0.39, 0.29) is 0 Å². The molecule has 0 bridgehead atoms. The predicted octanol–water partition coefficient (Wildman–Crippen LogP) is 4.25. The van der Waals surface area contributed by atoms with Gasteiger partial charge < -0.3 is 9.94 Å². The summed E-state index contributed by atoms with van der Waals surface area (Å²) in [7, 11) is 1.66. The van der Waals surface area contributed by atoms with E-state index in [0.29, 0.717) is 17.1 Å². The molecule has 0 spiro atoms. The van der Waals surface area contributed by atoms with Gasteiger partial charge in [-0.15, -0.1) is 0 Å². The van der Waals surface area contributed by atoms with Gasteiger partial charge in [0.25, 0.3) is 0 Å². The fourth-order valence-corrected chi connectivity index (χ4v) is 5.57. The van der Waals surface area contributed by atoms with E-state index in [9.17, 15) is 5.11 Å². The molecule has 3 nitrogen and oxygen atoms in total. The van der Waals surface area contributed by atoms with Crippen molar-refractivity contribution in [2.45, 2.75) is 51.4 Å². The normalized spacial score (nSPS) is 38.3. The molecule has 3 aliphatic rings. The maximum atomic E-state index is 9.74. The van der Waals surface area contributed by atoms with Crippen molar-refractivity contribution in [3.63, 3.8) is 0 Å². The number of nitrogens with zero attached hydrogens (tertiary/aromatic N) is 1. The molecule has 2 saturated carbocycles. The number of hydrogen-bond donors (Lipinski definition) is 1. The van der Waals surface area contributed by atoms with E-state index >= 15 is 0 Å². The lowest BCUT2D eigenvalue weighted by Crippen LogP contribution is -2.39. The topological polar surface area (TPSA) is 41.8 Å². The molecular formula is C19H25NO2. The van der Waals surface area contributed by atoms with Crippen LogP contribution in [0.2, 0.25) is 0 Å². The molecular weight excluding hydrogens is 274 g/mol. The van der Waals surface area contributed by atoms with Crippen molar-refractivity contribution in [1.82, 2.24) is 0 Å². The predicted molar refractivity (Wildman–Crippen MR) is 87.2 cm³/mol. The van der Waals surface area contributed by atoms with Crippen LogP contribution in [0, 0.1) is 17.3 Å². The molecule has 1 N–H and O–H groups in total. The number of phenols is 1. The third kappa shape index (κ3) is 2.05. The highest BCUT2D eigenvalue weighted by molar-refractivity contribution is 5.87. The Bertz CT molecular complexity index is 624. The summed E-state index contributed by atoms with van der Waals surface area (Å²) in [5.74, 6) is 2.58. The summed E-state index contributed by atoms with van der Waals surface area (Å²) in [6.07, 6.45) is 7.13. The molecule has 2 fully saturated rings. The smallest absolute Gasteiger partial charge is 0.115 e. The Balaban J connectivity index is 1.67. The highest BCUT2D eigenvalue weighted by atomic mass is 16.6. The molecule has 0 heterocycles. The fraction of sp³-hybridized carbons (Fsp3) is 0.632. The molecule has 4 rings (SSSR count). The second kappa shape index (κ2) is 5.00. The van der Waals surface area contributed by atoms with Crippen LogP contribution in [0.15, 0.2) is 23.4 Å². The summed E-state index contributed by atoms with van der Waals surface area (Å²) in [5.41, 5.74) is 4.53. The first-order chi connectivity index (χ1) is 10.6. The maximum Gasteiger partial charge on any atom is 0.115 e. The zero-order chi connectivity index (χ0) is 15.3. The largest absolute Gasteiger partial charge is 0.508 e. The minimum Gasteiger partial charge on any atom is -0.508 e. The van der Waals surface area contributed by atoms with Gasteiger partial charge in [-0.1, -0.05) is 18.1 Å². The van der Waals surface area contributed by atoms with Crippen LogP contribution in [-0.4, -0.2) is 17.9 Å². The third-order valence-electron chi connectivity index (χ3n) is 6.51. The van der Waals surface area contributed by atoms with E-state index in [1.54, 1.807) is 7.11 Å². The second-order valence-corrected chi connectivity index (χ2v) is 7.71. The maximum absolute atomic E-state index is 9.74. The summed E-state index contributed by atoms with van der Waals surface area (Å²) in [6.45, 7) is 2.46. The van der Waals surface area contributed by atoms with E-state index in [2.05, 4.69) is 18.1 Å². The van der Waals surface area contributed by atoms with Crippen molar-refractivity contribution in [2.24, 2.45) is 22.4 Å². The molecule has 0 saturated heterocycles. The van der Waals surface area contributed by atoms with Gasteiger partial charge in [-0.2, -0.15) is 0 Å². The standard InChI is InChI=1S/C19H25NO2/c1-19-8-7-16-15-6-4-14(21)9-12(15)3-5-17(16)18(19)10-13(11-19)20-22-2/h4,6,9,16-18,21H,3,5,7-8,10-11H2,1-2H3/b20-13+/t16-,17-,18+,19-/m1/s1. The van der Waals surface area contributed by atoms with Crippen LogP contribution >= 0.6 is 0 Å². The molecule has 22 heavy (non-hydrogen) atoms. The van der Waals surface area contributed by atoms with Crippen molar-refractivity contribution in [3.8, 4) is 5.75 Å². The average molecular weight is 299 g/mol. The van der Waals surface area contributed by atoms with Gasteiger partial charge in [0.2, 0.25) is 0 Å². The minimum atomic E-state index is 0.410. The van der Waals surface area contributed by atoms with Crippen molar-refractivity contribution in [2.75, 3.05) is 7.11 Å². The number of phenolic OH excluding ortho intramolecular Hbond substituents is 1. The Morgan fingerprint density at radius 2 is 2.18 bits per heavy atom. The van der Waals surface area contributed by atoms with E-state index < -0.39 is 0 Å². The van der Waals surface area contributed by atoms with E-state index in [4.69, 9.17) is 4.84 Å². The summed E-state index contributed by atoms with van der Waals surface area (Å²) in [4.78, 5) is 5.04. The van der Waals surface area contributed by atoms with Crippen LogP contribution < -0.4 is 0 Å². The Kier molecular flexibility index (Phi) is 3.21. The van der Waals surface area contributed by atoms with E-state index in [1.807, 2.05) is 12.1 Å². The number of fused-ring (bicyclic) bond motifs is 5. The molecule has 0 aromatic heterocycles. The Morgan fingerprint density at radius 1 is 1.32 bits per heavy atom. The highest BCUT2D eigenvalue weighted by Crippen LogP contribution is 2.60. The zero-order valence-electron chi connectivity index (χ0n) is 13.5. The van der Waals surface area contributed by atoms with Crippen molar-refractivity contribution in [3.05, 3.63) is 29.3 Å². The second-order valence-electron chi connectivity index (χ2n) is 7.71. The first kappa shape index (κ1) is 14.1. The van der Waals surface area contributed by atoms with Crippen LogP contribution in [0.1, 0.15) is 56.1 Å². The number of oxime groups is 1. The van der Waals surface area contributed by atoms with Crippen molar-refractivity contribution in [1.29, 1.82) is 0 Å². The van der Waals surface area contributed by atoms with E-state index in [1.165, 1.54) is 36.1 Å². The minimum absolute atomic E-state index is 0.410. The van der Waals surface area contributed by atoms with Gasteiger partial charge in [0.15, 0.2) is 0 Å². The lowest BCUT2D eigenvalue weighted by Gasteiger charge is -2.48. The fourth-order valence-electron chi connectivity index (χ4n) is 5.57. The number of rotatable bonds is 1. The lowest BCUT2D eigenvalue weighted by molar-refractivity contribution is 0.0599. The molecule has 3 heteroatoms. The number of aryl methyl sites for hydroxylation is 1. The van der Waals surface area contributed by atoms with Gasteiger partial charge in [0.05, 0.1) is 5.71 Å². The Hall–Kier alpha value is -1.51. The Morgan fingerprint density at radius 3 is 3.00 bits per heavy atom. The lowest BCUT2D eigenvalue weighted by atomic mass is 9.56. The zero-order valence-corrected chi connectivity index (χ0v) is 13.5. The van der Waals surface area contributed by atoms with Gasteiger partial charge in [0, 0.05) is 0 Å². The average Bonchev–Trinajstić information content (AvgIpc) is 2.83. The van der Waals surface area contributed by atoms with Crippen molar-refractivity contribution >= 4 is 5.71 Å². The molecule has 1 aromatic rings. The number of benzene rings is 1. The molecule has 1 aromatic carbocycles. The van der Waals surface area contributed by atoms with Crippen molar-refractivity contribution < 1.29 is 9.94 Å². The van der Waals surface area contributed by atoms with Crippen LogP contribution in [0.25, 0.3) is 0 Å². The number of hydrogen-bond acceptors (Lipinski definition) is 3. The van der Waals surface area contributed by atoms with Gasteiger partial charge >= 0.3 is 0 Å². The summed E-state index contributed by atoms with van der Waals surface area (Å²) < 4.78 is 0. The highest BCUT2D eigenvalue weighted by Gasteiger charge is 2.52. The molecule has 0 radical (unpaired) electrons. The molecule has 4 atom stereocenters. The summed E-state index contributed by atoms with van der Waals surface area (Å²) in [5, 5.41) is 14.0. The van der Waals surface area contributed by atoms with Gasteiger partial charge in [-0.3, -0.25) is 0 Å². The van der Waals surface area contributed by atoms with Crippen LogP contribution in [0.5, 0.6) is 5.75 Å². The van der Waals surface area contributed by atoms with Gasteiger partial charge in [-0.25, -0.2) is 0 Å². The summed E-state index contributed by atoms with van der Waals surface area (Å²) in [6, 6.07) is 6.01. The first-order valence-corrected chi connectivity index (χ1v) is 8.51.